The van der Waals surface area contributed by atoms with Crippen molar-refractivity contribution in [3.63, 3.8) is 0 Å². The molecule has 0 radical (unpaired) electrons. The van der Waals surface area contributed by atoms with E-state index in [2.05, 4.69) is 5.32 Å². The molecule has 122 valence electrons. The van der Waals surface area contributed by atoms with Gasteiger partial charge in [-0.3, -0.25) is 4.79 Å². The summed E-state index contributed by atoms with van der Waals surface area (Å²) in [4.78, 5) is 12.0. The molecule has 0 saturated heterocycles. The van der Waals surface area contributed by atoms with Crippen molar-refractivity contribution in [2.24, 2.45) is 0 Å². The summed E-state index contributed by atoms with van der Waals surface area (Å²) in [5.74, 6) is 0.117. The maximum atomic E-state index is 12.5. The first-order valence-corrected chi connectivity index (χ1v) is 6.97. The van der Waals surface area contributed by atoms with Crippen molar-refractivity contribution in [2.75, 3.05) is 5.32 Å². The van der Waals surface area contributed by atoms with Gasteiger partial charge in [-0.1, -0.05) is 12.1 Å². The molecule has 2 aromatic carbocycles. The number of carbonyl (C=O) groups excluding carboxylic acids is 1. The number of ether oxygens (including phenoxy) is 1. The summed E-state index contributed by atoms with van der Waals surface area (Å²) >= 11 is 0. The molecule has 2 aromatic rings. The normalized spacial score (nSPS) is 12.6. The minimum atomic E-state index is -4.40. The van der Waals surface area contributed by atoms with Gasteiger partial charge in [0.05, 0.1) is 5.56 Å². The molecule has 2 rings (SSSR count). The van der Waals surface area contributed by atoms with Gasteiger partial charge in [0.15, 0.2) is 6.10 Å². The van der Waals surface area contributed by atoms with Crippen molar-refractivity contribution in [3.05, 3.63) is 59.7 Å². The number of halogens is 3. The third-order valence-electron chi connectivity index (χ3n) is 3.15. The Kier molecular flexibility index (Phi) is 4.93. The van der Waals surface area contributed by atoms with E-state index < -0.39 is 23.8 Å². The molecule has 1 amide bonds. The van der Waals surface area contributed by atoms with Crippen LogP contribution in [0, 0.1) is 6.92 Å². The predicted molar refractivity (Wildman–Crippen MR) is 81.3 cm³/mol. The molecule has 0 aliphatic carbocycles. The standard InChI is InChI=1S/C17H16F3NO2/c1-11-4-3-5-15(10-11)23-12(2)16(22)21-14-8-6-13(7-9-14)17(18,19)20/h3-10,12H,1-2H3,(H,21,22)/t12-/m1/s1. The Hall–Kier alpha value is -2.50. The zero-order chi connectivity index (χ0) is 17.0. The van der Waals surface area contributed by atoms with E-state index in [0.29, 0.717) is 5.75 Å². The maximum Gasteiger partial charge on any atom is 0.416 e. The molecule has 0 bridgehead atoms. The highest BCUT2D eigenvalue weighted by Gasteiger charge is 2.30. The molecular weight excluding hydrogens is 307 g/mol. The van der Waals surface area contributed by atoms with Gasteiger partial charge in [0.25, 0.3) is 5.91 Å². The van der Waals surface area contributed by atoms with Crippen molar-refractivity contribution in [1.29, 1.82) is 0 Å². The minimum absolute atomic E-state index is 0.280. The number of aryl methyl sites for hydroxylation is 1. The molecule has 3 nitrogen and oxygen atoms in total. The van der Waals surface area contributed by atoms with Crippen LogP contribution in [0.2, 0.25) is 0 Å². The topological polar surface area (TPSA) is 38.3 Å². The van der Waals surface area contributed by atoms with E-state index in [0.717, 1.165) is 17.7 Å². The Morgan fingerprint density at radius 2 is 1.78 bits per heavy atom. The molecule has 0 heterocycles. The molecule has 6 heteroatoms. The van der Waals surface area contributed by atoms with Gasteiger partial charge in [-0.15, -0.1) is 0 Å². The Bertz CT molecular complexity index is 681. The zero-order valence-corrected chi connectivity index (χ0v) is 12.6. The lowest BCUT2D eigenvalue weighted by molar-refractivity contribution is -0.137. The zero-order valence-electron chi connectivity index (χ0n) is 12.6. The van der Waals surface area contributed by atoms with Crippen molar-refractivity contribution < 1.29 is 22.7 Å². The quantitative estimate of drug-likeness (QED) is 0.904. The van der Waals surface area contributed by atoms with Gasteiger partial charge in [-0.05, 0) is 55.8 Å². The van der Waals surface area contributed by atoms with Crippen LogP contribution in [0.1, 0.15) is 18.1 Å². The van der Waals surface area contributed by atoms with Crippen LogP contribution in [0.4, 0.5) is 18.9 Å². The average molecular weight is 323 g/mol. The summed E-state index contributed by atoms with van der Waals surface area (Å²) < 4.78 is 42.9. The van der Waals surface area contributed by atoms with Gasteiger partial charge in [0.2, 0.25) is 0 Å². The fourth-order valence-electron chi connectivity index (χ4n) is 1.93. The van der Waals surface area contributed by atoms with E-state index in [1.54, 1.807) is 19.1 Å². The fourth-order valence-corrected chi connectivity index (χ4v) is 1.93. The van der Waals surface area contributed by atoms with Crippen molar-refractivity contribution in [1.82, 2.24) is 0 Å². The van der Waals surface area contributed by atoms with Gasteiger partial charge in [0.1, 0.15) is 5.75 Å². The van der Waals surface area contributed by atoms with Crippen molar-refractivity contribution in [3.8, 4) is 5.75 Å². The number of anilines is 1. The van der Waals surface area contributed by atoms with Crippen molar-refractivity contribution >= 4 is 11.6 Å². The van der Waals surface area contributed by atoms with E-state index in [1.165, 1.54) is 12.1 Å². The van der Waals surface area contributed by atoms with E-state index in [-0.39, 0.29) is 5.69 Å². The van der Waals surface area contributed by atoms with Crippen LogP contribution < -0.4 is 10.1 Å². The van der Waals surface area contributed by atoms with Crippen LogP contribution in [0.25, 0.3) is 0 Å². The fraction of sp³-hybridized carbons (Fsp3) is 0.235. The first kappa shape index (κ1) is 16.9. The number of amides is 1. The third kappa shape index (κ3) is 4.74. The number of benzene rings is 2. The van der Waals surface area contributed by atoms with Crippen LogP contribution in [-0.2, 0) is 11.0 Å². The largest absolute Gasteiger partial charge is 0.481 e. The van der Waals surface area contributed by atoms with E-state index >= 15 is 0 Å². The third-order valence-corrected chi connectivity index (χ3v) is 3.15. The highest BCUT2D eigenvalue weighted by Crippen LogP contribution is 2.29. The van der Waals surface area contributed by atoms with E-state index in [9.17, 15) is 18.0 Å². The van der Waals surface area contributed by atoms with Gasteiger partial charge < -0.3 is 10.1 Å². The molecule has 0 aliphatic heterocycles. The molecule has 23 heavy (non-hydrogen) atoms. The number of hydrogen-bond donors (Lipinski definition) is 1. The number of carbonyl (C=O) groups is 1. The van der Waals surface area contributed by atoms with Gasteiger partial charge in [-0.25, -0.2) is 0 Å². The SMILES string of the molecule is Cc1cccc(O[C@H](C)C(=O)Nc2ccc(C(F)(F)F)cc2)c1. The molecule has 0 aromatic heterocycles. The van der Waals surface area contributed by atoms with E-state index in [1.807, 2.05) is 19.1 Å². The number of nitrogens with one attached hydrogen (secondary N) is 1. The second kappa shape index (κ2) is 6.73. The number of rotatable bonds is 4. The smallest absolute Gasteiger partial charge is 0.416 e. The Labute approximate surface area is 132 Å². The lowest BCUT2D eigenvalue weighted by Gasteiger charge is -2.15. The molecule has 0 fully saturated rings. The van der Waals surface area contributed by atoms with Crippen LogP contribution >= 0.6 is 0 Å². The first-order chi connectivity index (χ1) is 10.8. The highest BCUT2D eigenvalue weighted by molar-refractivity contribution is 5.94. The van der Waals surface area contributed by atoms with Gasteiger partial charge in [0, 0.05) is 5.69 Å². The Balaban J connectivity index is 1.98. The lowest BCUT2D eigenvalue weighted by Crippen LogP contribution is -2.30. The van der Waals surface area contributed by atoms with Crippen molar-refractivity contribution in [2.45, 2.75) is 26.1 Å². The summed E-state index contributed by atoms with van der Waals surface area (Å²) in [5, 5.41) is 2.52. The lowest BCUT2D eigenvalue weighted by atomic mass is 10.2. The molecule has 1 N–H and O–H groups in total. The molecule has 0 aliphatic rings. The summed E-state index contributed by atoms with van der Waals surface area (Å²) in [5.41, 5.74) is 0.514. The minimum Gasteiger partial charge on any atom is -0.481 e. The maximum absolute atomic E-state index is 12.5. The van der Waals surface area contributed by atoms with Crippen LogP contribution in [0.3, 0.4) is 0 Å². The Morgan fingerprint density at radius 3 is 2.35 bits per heavy atom. The van der Waals surface area contributed by atoms with E-state index in [4.69, 9.17) is 4.74 Å². The second-order valence-electron chi connectivity index (χ2n) is 5.14. The summed E-state index contributed by atoms with van der Waals surface area (Å²) in [7, 11) is 0. The van der Waals surface area contributed by atoms with Crippen LogP contribution in [0.15, 0.2) is 48.5 Å². The monoisotopic (exact) mass is 323 g/mol. The molecule has 0 spiro atoms. The Morgan fingerprint density at radius 1 is 1.13 bits per heavy atom. The predicted octanol–water partition coefficient (Wildman–Crippen LogP) is 4.42. The highest BCUT2D eigenvalue weighted by atomic mass is 19.4. The summed E-state index contributed by atoms with van der Waals surface area (Å²) in [6, 6.07) is 11.5. The van der Waals surface area contributed by atoms with Crippen LogP contribution in [0.5, 0.6) is 5.75 Å². The van der Waals surface area contributed by atoms with Crippen LogP contribution in [-0.4, -0.2) is 12.0 Å². The van der Waals surface area contributed by atoms with Gasteiger partial charge in [-0.2, -0.15) is 13.2 Å². The number of hydrogen-bond acceptors (Lipinski definition) is 2. The molecule has 1 atom stereocenters. The average Bonchev–Trinajstić information content (AvgIpc) is 2.46. The molecule has 0 saturated carbocycles. The second-order valence-corrected chi connectivity index (χ2v) is 5.14. The molecule has 0 unspecified atom stereocenters. The first-order valence-electron chi connectivity index (χ1n) is 6.97. The molecular formula is C17H16F3NO2. The summed E-state index contributed by atoms with van der Waals surface area (Å²) in [6.07, 6.45) is -5.18. The van der Waals surface area contributed by atoms with Gasteiger partial charge >= 0.3 is 6.18 Å². The summed E-state index contributed by atoms with van der Waals surface area (Å²) in [6.45, 7) is 3.47. The number of alkyl halides is 3.